The highest BCUT2D eigenvalue weighted by Gasteiger charge is 2.75. The van der Waals surface area contributed by atoms with E-state index in [0.717, 1.165) is 76.9 Å². The molecule has 0 radical (unpaired) electrons. The normalized spacial score (nSPS) is 74.5. The van der Waals surface area contributed by atoms with Crippen molar-refractivity contribution < 1.29 is 4.74 Å². The average Bonchev–Trinajstić information content (AvgIpc) is 3.44. The van der Waals surface area contributed by atoms with Crippen molar-refractivity contribution in [2.75, 3.05) is 7.11 Å². The third-order valence-electron chi connectivity index (χ3n) is 11.4. The first-order valence-electron chi connectivity index (χ1n) is 11.1. The second kappa shape index (κ2) is 3.85. The zero-order valence-corrected chi connectivity index (χ0v) is 14.8. The van der Waals surface area contributed by atoms with Gasteiger partial charge < -0.3 is 4.74 Å². The number of hydrogen-bond acceptors (Lipinski definition) is 1. The Bertz CT molecular complexity index is 652. The van der Waals surface area contributed by atoms with E-state index in [9.17, 15) is 0 Å². The molecule has 0 aliphatic heterocycles. The van der Waals surface area contributed by atoms with Crippen LogP contribution in [0.5, 0.6) is 0 Å². The van der Waals surface area contributed by atoms with Gasteiger partial charge in [-0.25, -0.2) is 0 Å². The summed E-state index contributed by atoms with van der Waals surface area (Å²) in [5, 5.41) is 0. The lowest BCUT2D eigenvalue weighted by atomic mass is 9.55. The summed E-state index contributed by atoms with van der Waals surface area (Å²) in [4.78, 5) is 0. The van der Waals surface area contributed by atoms with Crippen LogP contribution in [0.4, 0.5) is 0 Å². The first-order valence-corrected chi connectivity index (χ1v) is 11.1. The van der Waals surface area contributed by atoms with Crippen molar-refractivity contribution >= 4 is 0 Å². The first kappa shape index (κ1) is 13.0. The fraction of sp³-hybridized carbons (Fsp3) is 0.913. The highest BCUT2D eigenvalue weighted by Crippen LogP contribution is 2.80. The number of methoxy groups -OCH3 is 1. The lowest BCUT2D eigenvalue weighted by Crippen LogP contribution is -2.47. The van der Waals surface area contributed by atoms with Gasteiger partial charge in [-0.05, 0) is 115 Å². The molecule has 0 aromatic rings. The maximum absolute atomic E-state index is 5.93. The molecule has 0 saturated heterocycles. The Kier molecular flexibility index (Phi) is 2.08. The standard InChI is InChI=1S/C23H30O/c1-24-17-6-11-5-12(17)21-16-8-15(20(11)21)22-13-7-14(23(16)22)19-10-3-2-9(4-10)18(13)19/h2-3,9-23H,4-8H2,1H3. The van der Waals surface area contributed by atoms with E-state index in [0.29, 0.717) is 6.10 Å². The number of rotatable bonds is 1. The van der Waals surface area contributed by atoms with Crippen molar-refractivity contribution in [1.82, 2.24) is 0 Å². The van der Waals surface area contributed by atoms with Gasteiger partial charge in [0.1, 0.15) is 0 Å². The molecule has 0 spiro atoms. The number of fused-ring (bicyclic) bond motifs is 23. The number of hydrogen-bond donors (Lipinski definition) is 0. The summed E-state index contributed by atoms with van der Waals surface area (Å²) >= 11 is 0. The van der Waals surface area contributed by atoms with Crippen molar-refractivity contribution in [3.8, 4) is 0 Å². The Morgan fingerprint density at radius 1 is 0.583 bits per heavy atom. The van der Waals surface area contributed by atoms with Crippen molar-refractivity contribution in [2.45, 2.75) is 38.2 Å². The highest BCUT2D eigenvalue weighted by atomic mass is 16.5. The maximum atomic E-state index is 5.93. The minimum absolute atomic E-state index is 0.630. The molecular formula is C23H30O. The molecule has 0 amide bonds. The smallest absolute Gasteiger partial charge is 0.0605 e. The van der Waals surface area contributed by atoms with Gasteiger partial charge in [0.15, 0.2) is 0 Å². The molecule has 8 bridgehead atoms. The molecule has 0 aromatic heterocycles. The van der Waals surface area contributed by atoms with Crippen LogP contribution in [-0.4, -0.2) is 13.2 Å². The van der Waals surface area contributed by atoms with E-state index in [-0.39, 0.29) is 0 Å². The number of allylic oxidation sites excluding steroid dienone is 2. The molecule has 8 rings (SSSR count). The van der Waals surface area contributed by atoms with Gasteiger partial charge in [0.2, 0.25) is 0 Å². The van der Waals surface area contributed by atoms with E-state index in [2.05, 4.69) is 12.2 Å². The Balaban J connectivity index is 1.21. The molecule has 1 nitrogen and oxygen atoms in total. The summed E-state index contributed by atoms with van der Waals surface area (Å²) < 4.78 is 5.93. The molecule has 1 heteroatoms. The predicted octanol–water partition coefficient (Wildman–Crippen LogP) is 4.24. The minimum atomic E-state index is 0.630. The van der Waals surface area contributed by atoms with Gasteiger partial charge in [0.25, 0.3) is 0 Å². The van der Waals surface area contributed by atoms with E-state index in [1.165, 1.54) is 18.8 Å². The lowest BCUT2D eigenvalue weighted by molar-refractivity contribution is -0.0561. The van der Waals surface area contributed by atoms with Crippen LogP contribution < -0.4 is 0 Å². The summed E-state index contributed by atoms with van der Waals surface area (Å²) in [6.45, 7) is 0. The highest BCUT2D eigenvalue weighted by molar-refractivity contribution is 5.27. The van der Waals surface area contributed by atoms with Crippen molar-refractivity contribution in [3.05, 3.63) is 12.2 Å². The minimum Gasteiger partial charge on any atom is -0.381 e. The van der Waals surface area contributed by atoms with Crippen LogP contribution in [-0.2, 0) is 4.74 Å². The third-order valence-corrected chi connectivity index (χ3v) is 11.4. The van der Waals surface area contributed by atoms with Crippen LogP contribution in [0.1, 0.15) is 32.1 Å². The summed E-state index contributed by atoms with van der Waals surface area (Å²) in [6, 6.07) is 0. The predicted molar refractivity (Wildman–Crippen MR) is 91.9 cm³/mol. The third kappa shape index (κ3) is 1.13. The van der Waals surface area contributed by atoms with Gasteiger partial charge in [-0.2, -0.15) is 0 Å². The molecule has 15 atom stereocenters. The fourth-order valence-corrected chi connectivity index (χ4v) is 11.7. The van der Waals surface area contributed by atoms with Crippen molar-refractivity contribution in [3.63, 3.8) is 0 Å². The van der Waals surface area contributed by atoms with Crippen LogP contribution in [0.25, 0.3) is 0 Å². The molecular weight excluding hydrogens is 292 g/mol. The van der Waals surface area contributed by atoms with Crippen LogP contribution >= 0.6 is 0 Å². The maximum Gasteiger partial charge on any atom is 0.0605 e. The molecule has 7 fully saturated rings. The molecule has 128 valence electrons. The molecule has 8 aliphatic rings. The summed E-state index contributed by atoms with van der Waals surface area (Å²) in [5.41, 5.74) is 0. The summed E-state index contributed by atoms with van der Waals surface area (Å²) in [7, 11) is 1.99. The number of ether oxygens (including phenoxy) is 1. The summed E-state index contributed by atoms with van der Waals surface area (Å²) in [6.07, 6.45) is 13.7. The van der Waals surface area contributed by atoms with Gasteiger partial charge in [0, 0.05) is 7.11 Å². The molecule has 7 saturated carbocycles. The van der Waals surface area contributed by atoms with Crippen LogP contribution in [0.2, 0.25) is 0 Å². The Hall–Kier alpha value is -0.300. The van der Waals surface area contributed by atoms with Gasteiger partial charge in [-0.1, -0.05) is 12.2 Å². The molecule has 24 heavy (non-hydrogen) atoms. The zero-order chi connectivity index (χ0) is 15.3. The topological polar surface area (TPSA) is 9.23 Å². The second-order valence-electron chi connectivity index (χ2n) is 11.2. The molecule has 0 N–H and O–H groups in total. The average molecular weight is 322 g/mol. The van der Waals surface area contributed by atoms with Gasteiger partial charge in [0.05, 0.1) is 6.10 Å². The van der Waals surface area contributed by atoms with E-state index in [1.54, 1.807) is 19.3 Å². The SMILES string of the molecule is COC1CC2CC1C1C3CC(C21)C1C2CC(C4C5C=CC(C5)C24)C31. The van der Waals surface area contributed by atoms with Crippen molar-refractivity contribution in [1.29, 1.82) is 0 Å². The Labute approximate surface area is 145 Å². The Morgan fingerprint density at radius 3 is 1.83 bits per heavy atom. The van der Waals surface area contributed by atoms with E-state index < -0.39 is 0 Å². The van der Waals surface area contributed by atoms with Gasteiger partial charge in [-0.3, -0.25) is 0 Å². The zero-order valence-electron chi connectivity index (χ0n) is 14.8. The van der Waals surface area contributed by atoms with Gasteiger partial charge in [-0.15, -0.1) is 0 Å². The Morgan fingerprint density at radius 2 is 1.17 bits per heavy atom. The quantitative estimate of drug-likeness (QED) is 0.518. The monoisotopic (exact) mass is 322 g/mol. The van der Waals surface area contributed by atoms with E-state index in [1.807, 2.05) is 7.11 Å². The lowest BCUT2D eigenvalue weighted by Gasteiger charge is -2.50. The molecule has 8 aliphatic carbocycles. The second-order valence-corrected chi connectivity index (χ2v) is 11.2. The van der Waals surface area contributed by atoms with Crippen LogP contribution in [0.15, 0.2) is 12.2 Å². The fourth-order valence-electron chi connectivity index (χ4n) is 11.7. The first-order chi connectivity index (χ1) is 11.8. The van der Waals surface area contributed by atoms with E-state index >= 15 is 0 Å². The molecule has 15 unspecified atom stereocenters. The van der Waals surface area contributed by atoms with Gasteiger partial charge >= 0.3 is 0 Å². The molecule has 0 aromatic carbocycles. The summed E-state index contributed by atoms with van der Waals surface area (Å²) in [5.74, 6) is 15.4. The van der Waals surface area contributed by atoms with Crippen LogP contribution in [0, 0.1) is 82.9 Å². The largest absolute Gasteiger partial charge is 0.381 e. The van der Waals surface area contributed by atoms with Crippen LogP contribution in [0.3, 0.4) is 0 Å². The van der Waals surface area contributed by atoms with E-state index in [4.69, 9.17) is 4.74 Å². The molecule has 0 heterocycles. The van der Waals surface area contributed by atoms with Crippen molar-refractivity contribution in [2.24, 2.45) is 82.9 Å².